The Bertz CT molecular complexity index is 152. The zero-order chi connectivity index (χ0) is 8.41. The average molecular weight is 252 g/mol. The van der Waals surface area contributed by atoms with Crippen LogP contribution in [0.4, 0.5) is 0 Å². The van der Waals surface area contributed by atoms with E-state index in [4.69, 9.17) is 44.6 Å². The molecule has 0 fully saturated rings. The summed E-state index contributed by atoms with van der Waals surface area (Å²) < 4.78 is 12.0. The Kier molecular flexibility index (Phi) is 7.95. The summed E-state index contributed by atoms with van der Waals surface area (Å²) in [7, 11) is -4.52. The predicted octanol–water partition coefficient (Wildman–Crippen LogP) is -1.53. The Hall–Kier alpha value is 1.98. The van der Waals surface area contributed by atoms with Crippen molar-refractivity contribution < 1.29 is 48.4 Å². The monoisotopic (exact) mass is 251 g/mol. The van der Waals surface area contributed by atoms with E-state index in [2.05, 4.69) is 4.52 Å². The molecule has 0 aliphatic heterocycles. The van der Waals surface area contributed by atoms with Gasteiger partial charge < -0.3 is 9.79 Å². The van der Waals surface area contributed by atoms with Crippen LogP contribution in [0.5, 0.6) is 0 Å². The first-order valence-corrected chi connectivity index (χ1v) is 4.64. The molecule has 9 heteroatoms. The topological polar surface area (TPSA) is 66.8 Å². The molecule has 0 heterocycles. The number of phosphoric acid groups is 1. The molecule has 0 aliphatic rings. The van der Waals surface area contributed by atoms with E-state index < -0.39 is 18.2 Å². The molecule has 0 aromatic heterocycles. The first-order valence-electron chi connectivity index (χ1n) is 1.97. The maximum atomic E-state index is 9.97. The van der Waals surface area contributed by atoms with Gasteiger partial charge in [0.1, 0.15) is 6.61 Å². The van der Waals surface area contributed by atoms with E-state index in [-0.39, 0.29) is 29.6 Å². The molecule has 4 nitrogen and oxygen atoms in total. The molecule has 0 bridgehead atoms. The Morgan fingerprint density at radius 2 is 1.73 bits per heavy atom. The Morgan fingerprint density at radius 3 is 1.82 bits per heavy atom. The van der Waals surface area contributed by atoms with Crippen molar-refractivity contribution in [3.05, 3.63) is 0 Å². The summed E-state index contributed by atoms with van der Waals surface area (Å²) in [5, 5.41) is 0. The number of rotatable bonds is 2. The van der Waals surface area contributed by atoms with Crippen molar-refractivity contribution in [1.82, 2.24) is 0 Å². The van der Waals surface area contributed by atoms with Gasteiger partial charge >= 0.3 is 37.4 Å². The second-order valence-corrected chi connectivity index (χ2v) is 5.13. The van der Waals surface area contributed by atoms with E-state index in [1.165, 1.54) is 0 Å². The molecule has 0 aromatic rings. The van der Waals surface area contributed by atoms with E-state index in [1.54, 1.807) is 0 Å². The minimum absolute atomic E-state index is 0. The van der Waals surface area contributed by atoms with Gasteiger partial charge in [-0.15, -0.1) is 0 Å². The molecule has 0 spiro atoms. The molecule has 0 amide bonds. The van der Waals surface area contributed by atoms with E-state index >= 15 is 0 Å². The molecule has 2 N–H and O–H groups in total. The second kappa shape index (κ2) is 5.66. The Balaban J connectivity index is 0. The standard InChI is InChI=1S/C2H4Cl3O4P.Na/c3-2(4,5)1-9-10(6,7)8;/h1H2,(H2,6,7,8);/q;+1. The van der Waals surface area contributed by atoms with Gasteiger partial charge in [-0.3, -0.25) is 4.52 Å². The molecule has 0 rings (SSSR count). The van der Waals surface area contributed by atoms with Gasteiger partial charge in [0, 0.05) is 0 Å². The molecule has 0 radical (unpaired) electrons. The van der Waals surface area contributed by atoms with Crippen LogP contribution in [0.15, 0.2) is 0 Å². The summed E-state index contributed by atoms with van der Waals surface area (Å²) in [5.74, 6) is 0. The van der Waals surface area contributed by atoms with Crippen LogP contribution in [0.1, 0.15) is 0 Å². The molecule has 11 heavy (non-hydrogen) atoms. The molecular weight excluding hydrogens is 248 g/mol. The van der Waals surface area contributed by atoms with Gasteiger partial charge in [-0.25, -0.2) is 4.57 Å². The van der Waals surface area contributed by atoms with Gasteiger partial charge in [-0.2, -0.15) is 0 Å². The van der Waals surface area contributed by atoms with Crippen LogP contribution < -0.4 is 29.6 Å². The summed E-state index contributed by atoms with van der Waals surface area (Å²) in [5.41, 5.74) is 0. The summed E-state index contributed by atoms with van der Waals surface area (Å²) in [4.78, 5) is 16.2. The zero-order valence-corrected chi connectivity index (χ0v) is 10.7. The van der Waals surface area contributed by atoms with Gasteiger partial charge in [0.05, 0.1) is 0 Å². The van der Waals surface area contributed by atoms with Crippen molar-refractivity contribution in [3.8, 4) is 0 Å². The van der Waals surface area contributed by atoms with Crippen LogP contribution in [0.25, 0.3) is 0 Å². The summed E-state index contributed by atoms with van der Waals surface area (Å²) in [6.07, 6.45) is 0. The largest absolute Gasteiger partial charge is 1.00 e. The van der Waals surface area contributed by atoms with Crippen molar-refractivity contribution in [1.29, 1.82) is 0 Å². The van der Waals surface area contributed by atoms with E-state index in [9.17, 15) is 4.57 Å². The zero-order valence-electron chi connectivity index (χ0n) is 5.50. The number of phosphoric ester groups is 1. The van der Waals surface area contributed by atoms with Crippen LogP contribution in [-0.2, 0) is 9.09 Å². The van der Waals surface area contributed by atoms with Crippen molar-refractivity contribution in [2.75, 3.05) is 6.61 Å². The fourth-order valence-electron chi connectivity index (χ4n) is 0.157. The Morgan fingerprint density at radius 1 is 1.36 bits per heavy atom. The molecule has 0 unspecified atom stereocenters. The number of hydrogen-bond donors (Lipinski definition) is 2. The van der Waals surface area contributed by atoms with Crippen LogP contribution in [0.2, 0.25) is 0 Å². The van der Waals surface area contributed by atoms with Gasteiger partial charge in [-0.1, -0.05) is 34.8 Å². The van der Waals surface area contributed by atoms with Crippen LogP contribution in [0.3, 0.4) is 0 Å². The quantitative estimate of drug-likeness (QED) is 0.355. The average Bonchev–Trinajstić information content (AvgIpc) is 1.57. The van der Waals surface area contributed by atoms with Gasteiger partial charge in [0.15, 0.2) is 0 Å². The number of hydrogen-bond acceptors (Lipinski definition) is 2. The molecule has 0 aromatic carbocycles. The minimum Gasteiger partial charge on any atom is -0.303 e. The maximum Gasteiger partial charge on any atom is 1.00 e. The van der Waals surface area contributed by atoms with Gasteiger partial charge in [-0.05, 0) is 0 Å². The van der Waals surface area contributed by atoms with Crippen LogP contribution in [-0.4, -0.2) is 20.2 Å². The van der Waals surface area contributed by atoms with Crippen molar-refractivity contribution in [2.24, 2.45) is 0 Å². The smallest absolute Gasteiger partial charge is 0.303 e. The molecule has 0 atom stereocenters. The van der Waals surface area contributed by atoms with Crippen molar-refractivity contribution in [3.63, 3.8) is 0 Å². The second-order valence-electron chi connectivity index (χ2n) is 1.38. The van der Waals surface area contributed by atoms with Crippen molar-refractivity contribution in [2.45, 2.75) is 3.79 Å². The molecule has 62 valence electrons. The normalized spacial score (nSPS) is 12.5. The first-order chi connectivity index (χ1) is 4.21. The van der Waals surface area contributed by atoms with Crippen LogP contribution >= 0.6 is 42.6 Å². The molecule has 0 saturated heterocycles. The molecular formula is C2H4Cl3NaO4P+. The predicted molar refractivity (Wildman–Crippen MR) is 38.3 cm³/mol. The number of halogens is 3. The third-order valence-electron chi connectivity index (χ3n) is 0.396. The third kappa shape index (κ3) is 14.8. The third-order valence-corrected chi connectivity index (χ3v) is 1.19. The van der Waals surface area contributed by atoms with E-state index in [0.717, 1.165) is 0 Å². The van der Waals surface area contributed by atoms with Crippen molar-refractivity contribution >= 4 is 42.6 Å². The van der Waals surface area contributed by atoms with E-state index in [1.807, 2.05) is 0 Å². The van der Waals surface area contributed by atoms with Crippen LogP contribution in [0, 0.1) is 0 Å². The fourth-order valence-corrected chi connectivity index (χ4v) is 0.911. The SMILES string of the molecule is O=P(O)(O)OCC(Cl)(Cl)Cl.[Na+]. The van der Waals surface area contributed by atoms with E-state index in [0.29, 0.717) is 0 Å². The molecule has 0 saturated carbocycles. The molecule has 0 aliphatic carbocycles. The Labute approximate surface area is 101 Å². The summed E-state index contributed by atoms with van der Waals surface area (Å²) >= 11 is 15.3. The minimum atomic E-state index is -4.52. The summed E-state index contributed by atoms with van der Waals surface area (Å²) in [6.45, 7) is -0.637. The number of alkyl halides is 3. The van der Waals surface area contributed by atoms with Gasteiger partial charge in [0.2, 0.25) is 3.79 Å². The fraction of sp³-hybridized carbons (Fsp3) is 1.00. The first kappa shape index (κ1) is 15.5. The van der Waals surface area contributed by atoms with Gasteiger partial charge in [0.25, 0.3) is 0 Å². The maximum absolute atomic E-state index is 9.97. The summed E-state index contributed by atoms with van der Waals surface area (Å²) in [6, 6.07) is 0.